The van der Waals surface area contributed by atoms with Crippen molar-refractivity contribution < 1.29 is 4.39 Å². The van der Waals surface area contributed by atoms with Crippen LogP contribution in [0.1, 0.15) is 30.5 Å². The van der Waals surface area contributed by atoms with Gasteiger partial charge < -0.3 is 5.73 Å². The fourth-order valence-electron chi connectivity index (χ4n) is 1.76. The first-order chi connectivity index (χ1) is 7.39. The van der Waals surface area contributed by atoms with E-state index in [1.54, 1.807) is 0 Å². The van der Waals surface area contributed by atoms with Crippen molar-refractivity contribution in [2.45, 2.75) is 39.8 Å². The Morgan fingerprint density at radius 3 is 2.31 bits per heavy atom. The maximum absolute atomic E-state index is 14.4. The van der Waals surface area contributed by atoms with Gasteiger partial charge >= 0.3 is 0 Å². The van der Waals surface area contributed by atoms with E-state index in [9.17, 15) is 4.39 Å². The molecule has 0 saturated carbocycles. The molecule has 16 heavy (non-hydrogen) atoms. The molecule has 2 N–H and O–H groups in total. The van der Waals surface area contributed by atoms with Crippen LogP contribution in [-0.4, -0.2) is 12.2 Å². The van der Waals surface area contributed by atoms with Gasteiger partial charge in [0.2, 0.25) is 0 Å². The van der Waals surface area contributed by atoms with E-state index in [0.717, 1.165) is 5.56 Å². The first-order valence-electron chi connectivity index (χ1n) is 5.84. The molecule has 0 amide bonds. The predicted molar refractivity (Wildman–Crippen MR) is 67.4 cm³/mol. The molecule has 1 aromatic carbocycles. The van der Waals surface area contributed by atoms with Crippen LogP contribution in [0.25, 0.3) is 0 Å². The molecule has 0 saturated heterocycles. The maximum atomic E-state index is 14.4. The molecule has 90 valence electrons. The summed E-state index contributed by atoms with van der Waals surface area (Å²) in [5.74, 6) is -0.0564. The molecule has 2 heteroatoms. The highest BCUT2D eigenvalue weighted by molar-refractivity contribution is 5.30. The Labute approximate surface area is 97.9 Å². The lowest BCUT2D eigenvalue weighted by molar-refractivity contribution is 0.110. The average molecular weight is 223 g/mol. The standard InChI is InChI=1S/C14H22FN/c1-10(2)14(15,9-16)8-13-6-5-11(3)12(4)7-13/h5-7,10H,8-9,16H2,1-4H3. The number of nitrogens with two attached hydrogens (primary N) is 1. The normalized spacial score (nSPS) is 15.2. The fourth-order valence-corrected chi connectivity index (χ4v) is 1.76. The van der Waals surface area contributed by atoms with Gasteiger partial charge in [0.1, 0.15) is 5.67 Å². The molecule has 0 heterocycles. The first kappa shape index (κ1) is 13.2. The summed E-state index contributed by atoms with van der Waals surface area (Å²) in [6.45, 7) is 7.96. The third-order valence-electron chi connectivity index (χ3n) is 3.44. The lowest BCUT2D eigenvalue weighted by Crippen LogP contribution is -2.40. The van der Waals surface area contributed by atoms with Gasteiger partial charge in [-0.15, -0.1) is 0 Å². The van der Waals surface area contributed by atoms with Gasteiger partial charge in [-0.05, 0) is 36.5 Å². The summed E-state index contributed by atoms with van der Waals surface area (Å²) in [5.41, 5.74) is 7.74. The van der Waals surface area contributed by atoms with Crippen LogP contribution in [0.3, 0.4) is 0 Å². The first-order valence-corrected chi connectivity index (χ1v) is 5.84. The van der Waals surface area contributed by atoms with E-state index in [2.05, 4.69) is 19.9 Å². The molecule has 0 bridgehead atoms. The van der Waals surface area contributed by atoms with Crippen LogP contribution in [0.4, 0.5) is 4.39 Å². The van der Waals surface area contributed by atoms with Crippen molar-refractivity contribution in [3.05, 3.63) is 34.9 Å². The highest BCUT2D eigenvalue weighted by atomic mass is 19.1. The molecule has 1 aromatic rings. The lowest BCUT2D eigenvalue weighted by Gasteiger charge is -2.28. The summed E-state index contributed by atoms with van der Waals surface area (Å²) >= 11 is 0. The van der Waals surface area contributed by atoms with E-state index >= 15 is 0 Å². The van der Waals surface area contributed by atoms with Gasteiger partial charge in [0.05, 0.1) is 0 Å². The molecule has 0 aliphatic carbocycles. The quantitative estimate of drug-likeness (QED) is 0.833. The fraction of sp³-hybridized carbons (Fsp3) is 0.571. The molecule has 0 spiro atoms. The smallest absolute Gasteiger partial charge is 0.129 e. The highest BCUT2D eigenvalue weighted by Gasteiger charge is 2.32. The third-order valence-corrected chi connectivity index (χ3v) is 3.44. The van der Waals surface area contributed by atoms with E-state index in [4.69, 9.17) is 5.73 Å². The Kier molecular flexibility index (Phi) is 4.09. The number of benzene rings is 1. The van der Waals surface area contributed by atoms with Gasteiger partial charge in [0.25, 0.3) is 0 Å². The second kappa shape index (κ2) is 4.96. The van der Waals surface area contributed by atoms with Crippen molar-refractivity contribution in [2.24, 2.45) is 11.7 Å². The molecule has 1 nitrogen and oxygen atoms in total. The number of aryl methyl sites for hydroxylation is 2. The summed E-state index contributed by atoms with van der Waals surface area (Å²) in [6.07, 6.45) is 0.405. The van der Waals surface area contributed by atoms with Crippen LogP contribution < -0.4 is 5.73 Å². The lowest BCUT2D eigenvalue weighted by atomic mass is 9.85. The number of halogens is 1. The Bertz CT molecular complexity index is 360. The number of hydrogen-bond donors (Lipinski definition) is 1. The Morgan fingerprint density at radius 1 is 1.25 bits per heavy atom. The monoisotopic (exact) mass is 223 g/mol. The SMILES string of the molecule is Cc1ccc(CC(F)(CN)C(C)C)cc1C. The van der Waals surface area contributed by atoms with Gasteiger partial charge in [0.15, 0.2) is 0 Å². The topological polar surface area (TPSA) is 26.0 Å². The molecule has 1 rings (SSSR count). The minimum absolute atomic E-state index is 0.0564. The molecule has 1 atom stereocenters. The van der Waals surface area contributed by atoms with E-state index in [1.807, 2.05) is 26.0 Å². The second-order valence-corrected chi connectivity index (χ2v) is 4.99. The Morgan fingerprint density at radius 2 is 1.88 bits per heavy atom. The Balaban J connectivity index is 2.90. The highest BCUT2D eigenvalue weighted by Crippen LogP contribution is 2.26. The van der Waals surface area contributed by atoms with Gasteiger partial charge in [-0.3, -0.25) is 0 Å². The predicted octanol–water partition coefficient (Wildman–Crippen LogP) is 3.17. The molecule has 0 aliphatic rings. The molecule has 0 aromatic heterocycles. The van der Waals surface area contributed by atoms with Crippen molar-refractivity contribution in [3.63, 3.8) is 0 Å². The van der Waals surface area contributed by atoms with Gasteiger partial charge in [-0.25, -0.2) is 4.39 Å². The molecule has 0 radical (unpaired) electrons. The molecule has 0 aliphatic heterocycles. The molecule has 1 unspecified atom stereocenters. The van der Waals surface area contributed by atoms with Gasteiger partial charge in [-0.1, -0.05) is 32.0 Å². The van der Waals surface area contributed by atoms with Crippen LogP contribution in [0.5, 0.6) is 0 Å². The number of rotatable bonds is 4. The van der Waals surface area contributed by atoms with Gasteiger partial charge in [-0.2, -0.15) is 0 Å². The van der Waals surface area contributed by atoms with E-state index in [1.165, 1.54) is 11.1 Å². The summed E-state index contributed by atoms with van der Waals surface area (Å²) in [6, 6.07) is 6.10. The van der Waals surface area contributed by atoms with Crippen molar-refractivity contribution in [1.29, 1.82) is 0 Å². The van der Waals surface area contributed by atoms with E-state index in [-0.39, 0.29) is 12.5 Å². The van der Waals surface area contributed by atoms with Crippen LogP contribution in [0.2, 0.25) is 0 Å². The van der Waals surface area contributed by atoms with Crippen molar-refractivity contribution in [3.8, 4) is 0 Å². The van der Waals surface area contributed by atoms with E-state index in [0.29, 0.717) is 6.42 Å². The van der Waals surface area contributed by atoms with Crippen molar-refractivity contribution in [1.82, 2.24) is 0 Å². The summed E-state index contributed by atoms with van der Waals surface area (Å²) < 4.78 is 14.4. The molecular formula is C14H22FN. The summed E-state index contributed by atoms with van der Waals surface area (Å²) in [5, 5.41) is 0. The Hall–Kier alpha value is -0.890. The van der Waals surface area contributed by atoms with Gasteiger partial charge in [0, 0.05) is 13.0 Å². The largest absolute Gasteiger partial charge is 0.328 e. The summed E-state index contributed by atoms with van der Waals surface area (Å²) in [4.78, 5) is 0. The minimum Gasteiger partial charge on any atom is -0.328 e. The van der Waals surface area contributed by atoms with Crippen LogP contribution in [0.15, 0.2) is 18.2 Å². The van der Waals surface area contributed by atoms with Crippen molar-refractivity contribution in [2.75, 3.05) is 6.54 Å². The van der Waals surface area contributed by atoms with E-state index < -0.39 is 5.67 Å². The third kappa shape index (κ3) is 2.82. The zero-order valence-electron chi connectivity index (χ0n) is 10.7. The molecular weight excluding hydrogens is 201 g/mol. The maximum Gasteiger partial charge on any atom is 0.129 e. The zero-order valence-corrected chi connectivity index (χ0v) is 10.7. The summed E-state index contributed by atoms with van der Waals surface area (Å²) in [7, 11) is 0. The second-order valence-electron chi connectivity index (χ2n) is 4.99. The molecule has 0 fully saturated rings. The number of alkyl halides is 1. The van der Waals surface area contributed by atoms with Crippen LogP contribution in [0, 0.1) is 19.8 Å². The van der Waals surface area contributed by atoms with Crippen LogP contribution >= 0.6 is 0 Å². The minimum atomic E-state index is -1.29. The van der Waals surface area contributed by atoms with Crippen molar-refractivity contribution >= 4 is 0 Å². The average Bonchev–Trinajstić information content (AvgIpc) is 2.23. The number of hydrogen-bond acceptors (Lipinski definition) is 1. The van der Waals surface area contributed by atoms with Crippen LogP contribution in [-0.2, 0) is 6.42 Å². The zero-order chi connectivity index (χ0) is 12.3.